The van der Waals surface area contributed by atoms with Gasteiger partial charge < -0.3 is 15.6 Å². The van der Waals surface area contributed by atoms with Gasteiger partial charge in [-0.3, -0.25) is 4.98 Å². The number of nitrogens with zero attached hydrogens (tertiary/aromatic N) is 2. The molecule has 2 aromatic carbocycles. The second kappa shape index (κ2) is 5.43. The zero-order valence-electron chi connectivity index (χ0n) is 11.2. The number of nitriles is 1. The predicted molar refractivity (Wildman–Crippen MR) is 84.1 cm³/mol. The van der Waals surface area contributed by atoms with Gasteiger partial charge in [0.1, 0.15) is 23.3 Å². The van der Waals surface area contributed by atoms with Gasteiger partial charge in [0, 0.05) is 23.7 Å². The second-order valence-corrected chi connectivity index (χ2v) is 5.00. The number of rotatable bonds is 2. The number of hydrogen-bond acceptors (Lipinski definition) is 5. The quantitative estimate of drug-likeness (QED) is 0.701. The molecule has 108 valence electrons. The number of aromatic hydroxyl groups is 1. The van der Waals surface area contributed by atoms with Crippen molar-refractivity contribution in [2.24, 2.45) is 0 Å². The number of ether oxygens (including phenoxy) is 1. The number of anilines is 1. The molecule has 0 radical (unpaired) electrons. The molecule has 3 aromatic rings. The maximum Gasteiger partial charge on any atom is 0.138 e. The number of halogens is 1. The van der Waals surface area contributed by atoms with Crippen molar-refractivity contribution in [3.63, 3.8) is 0 Å². The molecule has 0 fully saturated rings. The summed E-state index contributed by atoms with van der Waals surface area (Å²) < 4.78 is 5.80. The Labute approximate surface area is 131 Å². The highest BCUT2D eigenvalue weighted by Crippen LogP contribution is 2.34. The number of pyridine rings is 1. The first-order chi connectivity index (χ1) is 10.6. The average molecular weight is 312 g/mol. The third-order valence-corrected chi connectivity index (χ3v) is 3.48. The van der Waals surface area contributed by atoms with Crippen LogP contribution in [0.5, 0.6) is 17.2 Å². The van der Waals surface area contributed by atoms with E-state index in [0.717, 1.165) is 0 Å². The molecule has 0 unspecified atom stereocenters. The minimum atomic E-state index is -0.115. The Kier molecular flexibility index (Phi) is 3.45. The van der Waals surface area contributed by atoms with Crippen LogP contribution in [0.2, 0.25) is 5.02 Å². The highest BCUT2D eigenvalue weighted by Gasteiger charge is 2.10. The molecule has 0 aliphatic heterocycles. The summed E-state index contributed by atoms with van der Waals surface area (Å²) >= 11 is 5.88. The summed E-state index contributed by atoms with van der Waals surface area (Å²) in [5.41, 5.74) is 6.84. The molecule has 0 saturated carbocycles. The normalized spacial score (nSPS) is 10.4. The second-order valence-electron chi connectivity index (χ2n) is 4.59. The number of benzene rings is 2. The molecule has 0 spiro atoms. The fraction of sp³-hybridized carbons (Fsp3) is 0. The summed E-state index contributed by atoms with van der Waals surface area (Å²) in [6.45, 7) is 0. The van der Waals surface area contributed by atoms with Crippen molar-refractivity contribution < 1.29 is 9.84 Å². The first-order valence-corrected chi connectivity index (χ1v) is 6.71. The van der Waals surface area contributed by atoms with E-state index in [9.17, 15) is 5.11 Å². The molecule has 0 bridgehead atoms. The fourth-order valence-electron chi connectivity index (χ4n) is 2.05. The number of fused-ring (bicyclic) bond motifs is 1. The van der Waals surface area contributed by atoms with Gasteiger partial charge in [-0.1, -0.05) is 11.6 Å². The largest absolute Gasteiger partial charge is 0.506 e. The first kappa shape index (κ1) is 14.0. The van der Waals surface area contributed by atoms with Crippen LogP contribution < -0.4 is 10.5 Å². The molecule has 3 rings (SSSR count). The van der Waals surface area contributed by atoms with Crippen LogP contribution in [-0.4, -0.2) is 10.1 Å². The fourth-order valence-corrected chi connectivity index (χ4v) is 2.16. The molecule has 1 aromatic heterocycles. The van der Waals surface area contributed by atoms with Gasteiger partial charge in [0.05, 0.1) is 21.8 Å². The smallest absolute Gasteiger partial charge is 0.138 e. The lowest BCUT2D eigenvalue weighted by Gasteiger charge is -2.10. The van der Waals surface area contributed by atoms with Crippen LogP contribution in [-0.2, 0) is 0 Å². The first-order valence-electron chi connectivity index (χ1n) is 6.33. The van der Waals surface area contributed by atoms with E-state index < -0.39 is 0 Å². The lowest BCUT2D eigenvalue weighted by Crippen LogP contribution is -1.91. The van der Waals surface area contributed by atoms with Crippen LogP contribution in [0.4, 0.5) is 5.69 Å². The molecule has 6 heteroatoms. The molecular formula is C16H10ClN3O2. The van der Waals surface area contributed by atoms with Crippen molar-refractivity contribution in [2.45, 2.75) is 0 Å². The Morgan fingerprint density at radius 2 is 2.05 bits per heavy atom. The van der Waals surface area contributed by atoms with E-state index in [2.05, 4.69) is 4.98 Å². The predicted octanol–water partition coefficient (Wildman–Crippen LogP) is 3.84. The monoisotopic (exact) mass is 311 g/mol. The van der Waals surface area contributed by atoms with Crippen molar-refractivity contribution in [2.75, 3.05) is 5.73 Å². The summed E-state index contributed by atoms with van der Waals surface area (Å²) in [6, 6.07) is 11.5. The molecule has 0 amide bonds. The Hall–Kier alpha value is -2.97. The summed E-state index contributed by atoms with van der Waals surface area (Å²) in [5.74, 6) is 0.902. The highest BCUT2D eigenvalue weighted by atomic mass is 35.5. The van der Waals surface area contributed by atoms with Crippen molar-refractivity contribution in [1.29, 1.82) is 5.26 Å². The van der Waals surface area contributed by atoms with Gasteiger partial charge in [0.15, 0.2) is 0 Å². The average Bonchev–Trinajstić information content (AvgIpc) is 2.50. The zero-order chi connectivity index (χ0) is 15.7. The third kappa shape index (κ3) is 2.48. The molecular weight excluding hydrogens is 302 g/mol. The summed E-state index contributed by atoms with van der Waals surface area (Å²) in [7, 11) is 0. The maximum atomic E-state index is 9.72. The van der Waals surface area contributed by atoms with E-state index in [0.29, 0.717) is 33.1 Å². The molecule has 0 aliphatic carbocycles. The lowest BCUT2D eigenvalue weighted by atomic mass is 10.1. The van der Waals surface area contributed by atoms with Crippen molar-refractivity contribution in [3.8, 4) is 23.3 Å². The van der Waals surface area contributed by atoms with Gasteiger partial charge in [-0.25, -0.2) is 0 Å². The van der Waals surface area contributed by atoms with Gasteiger partial charge in [-0.2, -0.15) is 5.26 Å². The van der Waals surface area contributed by atoms with E-state index in [1.807, 2.05) is 6.07 Å². The lowest BCUT2D eigenvalue weighted by molar-refractivity contribution is 0.473. The summed E-state index contributed by atoms with van der Waals surface area (Å²) in [6.07, 6.45) is 1.56. The van der Waals surface area contributed by atoms with Gasteiger partial charge in [-0.15, -0.1) is 0 Å². The number of aromatic nitrogens is 1. The highest BCUT2D eigenvalue weighted by molar-refractivity contribution is 6.33. The molecule has 5 nitrogen and oxygen atoms in total. The molecule has 0 atom stereocenters. The Morgan fingerprint density at radius 3 is 2.77 bits per heavy atom. The summed E-state index contributed by atoms with van der Waals surface area (Å²) in [4.78, 5) is 4.16. The number of nitrogens with two attached hydrogens (primary N) is 1. The van der Waals surface area contributed by atoms with E-state index >= 15 is 0 Å². The van der Waals surface area contributed by atoms with Crippen LogP contribution in [0.15, 0.2) is 42.6 Å². The number of hydrogen-bond donors (Lipinski definition) is 2. The molecule has 3 N–H and O–H groups in total. The van der Waals surface area contributed by atoms with E-state index in [4.69, 9.17) is 27.3 Å². The van der Waals surface area contributed by atoms with Crippen molar-refractivity contribution in [3.05, 3.63) is 53.2 Å². The number of phenols is 1. The van der Waals surface area contributed by atoms with E-state index in [1.54, 1.807) is 30.5 Å². The maximum absolute atomic E-state index is 9.72. The van der Waals surface area contributed by atoms with E-state index in [1.165, 1.54) is 12.1 Å². The third-order valence-electron chi connectivity index (χ3n) is 3.13. The van der Waals surface area contributed by atoms with Crippen molar-refractivity contribution in [1.82, 2.24) is 4.98 Å². The van der Waals surface area contributed by atoms with Crippen molar-refractivity contribution >= 4 is 28.2 Å². The number of phenolic OH excluding ortho intramolecular Hbond substituents is 1. The van der Waals surface area contributed by atoms with Crippen LogP contribution in [0.1, 0.15) is 5.56 Å². The zero-order valence-corrected chi connectivity index (χ0v) is 12.0. The Morgan fingerprint density at radius 1 is 1.23 bits per heavy atom. The van der Waals surface area contributed by atoms with Gasteiger partial charge in [0.2, 0.25) is 0 Å². The van der Waals surface area contributed by atoms with Crippen LogP contribution in [0.3, 0.4) is 0 Å². The molecule has 0 aliphatic rings. The van der Waals surface area contributed by atoms with Gasteiger partial charge >= 0.3 is 0 Å². The van der Waals surface area contributed by atoms with Crippen LogP contribution in [0, 0.1) is 11.3 Å². The molecule has 1 heterocycles. The molecule has 0 saturated heterocycles. The number of nitrogen functional groups attached to an aromatic ring is 1. The minimum Gasteiger partial charge on any atom is -0.506 e. The van der Waals surface area contributed by atoms with Crippen LogP contribution >= 0.6 is 11.6 Å². The van der Waals surface area contributed by atoms with E-state index in [-0.39, 0.29) is 11.3 Å². The Balaban J connectivity index is 2.10. The summed E-state index contributed by atoms with van der Waals surface area (Å²) in [5, 5.41) is 19.8. The SMILES string of the molecule is N#Cc1cc2c(Oc3ccc(Cl)c(N)c3)ccnc2cc1O. The topological polar surface area (TPSA) is 92.2 Å². The standard InChI is InChI=1S/C16H10ClN3O2/c17-12-2-1-10(6-13(12)19)22-16-3-4-20-14-7-15(21)9(8-18)5-11(14)16/h1-7,21H,19H2. The van der Waals surface area contributed by atoms with Gasteiger partial charge in [0.25, 0.3) is 0 Å². The Bertz CT molecular complexity index is 919. The minimum absolute atomic E-state index is 0.115. The molecule has 22 heavy (non-hydrogen) atoms. The van der Waals surface area contributed by atoms with Crippen LogP contribution in [0.25, 0.3) is 10.9 Å². The van der Waals surface area contributed by atoms with Gasteiger partial charge in [-0.05, 0) is 24.3 Å².